The number of carbonyl (C=O) groups is 4. The van der Waals surface area contributed by atoms with Gasteiger partial charge in [0, 0.05) is 19.4 Å². The third kappa shape index (κ3) is 104. The third-order valence-electron chi connectivity index (χ3n) is 18.1. The van der Waals surface area contributed by atoms with Crippen molar-refractivity contribution in [2.45, 2.75) is 225 Å². The van der Waals surface area contributed by atoms with E-state index < -0.39 is 44.3 Å². The van der Waals surface area contributed by atoms with E-state index >= 15 is 0 Å². The van der Waals surface area contributed by atoms with Gasteiger partial charge < -0.3 is 129 Å². The Morgan fingerprint density at radius 3 is 0.689 bits per heavy atom. The molecule has 0 aliphatic heterocycles. The van der Waals surface area contributed by atoms with E-state index in [9.17, 15) is 28.6 Å². The van der Waals surface area contributed by atoms with Crippen molar-refractivity contribution in [1.82, 2.24) is 5.32 Å². The molecule has 0 rings (SSSR count). The minimum absolute atomic E-state index is 0.103. The lowest BCUT2D eigenvalue weighted by atomic mass is 10.0. The number of aliphatic carboxylic acids is 1. The largest absolute Gasteiger partial charge is 0.480 e. The zero-order chi connectivity index (χ0) is 88.0. The molecule has 122 heavy (non-hydrogen) atoms. The number of carboxylic acid groups (broad SMARTS) is 1. The molecule has 3 N–H and O–H groups in total. The molecule has 0 aromatic rings. The maximum Gasteiger partial charge on any atom is 0.472 e. The van der Waals surface area contributed by atoms with Crippen LogP contribution in [0, 0.1) is 0 Å². The zero-order valence-corrected chi connectivity index (χ0v) is 76.5. The number of unbranched alkanes of at least 4 members (excludes halogenated alkanes) is 28. The lowest BCUT2D eigenvalue weighted by Crippen LogP contribution is -2.31. The second kappa shape index (κ2) is 103. The number of hydrogen-bond acceptors (Lipinski definition) is 31. The van der Waals surface area contributed by atoms with Gasteiger partial charge in [-0.1, -0.05) is 194 Å². The Kier molecular flexibility index (Phi) is 101. The van der Waals surface area contributed by atoms with E-state index in [1.165, 1.54) is 141 Å². The Balaban J connectivity index is 3.69. The fourth-order valence-corrected chi connectivity index (χ4v) is 12.1. The number of nitrogens with one attached hydrogen (secondary N) is 1. The number of phosphoric ester groups is 1. The zero-order valence-electron chi connectivity index (χ0n) is 75.6. The molecule has 0 heterocycles. The second-order valence-corrected chi connectivity index (χ2v) is 30.3. The van der Waals surface area contributed by atoms with Gasteiger partial charge in [-0.25, -0.2) is 9.36 Å². The minimum Gasteiger partial charge on any atom is -0.480 e. The van der Waals surface area contributed by atoms with Crippen LogP contribution in [-0.4, -0.2) is 357 Å². The molecule has 0 aromatic carbocycles. The quantitative estimate of drug-likeness (QED) is 0.0289. The van der Waals surface area contributed by atoms with Crippen LogP contribution < -0.4 is 5.32 Å². The first-order chi connectivity index (χ1) is 60.1. The molecule has 0 radical (unpaired) electrons. The molecule has 0 saturated heterocycles. The molecule has 35 heteroatoms. The van der Waals surface area contributed by atoms with Crippen LogP contribution in [0.4, 0.5) is 0 Å². The van der Waals surface area contributed by atoms with Gasteiger partial charge in [0.1, 0.15) is 19.8 Å². The fourth-order valence-electron chi connectivity index (χ4n) is 11.4. The minimum atomic E-state index is -4.65. The van der Waals surface area contributed by atoms with E-state index in [1.54, 1.807) is 0 Å². The van der Waals surface area contributed by atoms with Crippen LogP contribution in [-0.2, 0) is 146 Å². The molecule has 1 unspecified atom stereocenters. The van der Waals surface area contributed by atoms with Gasteiger partial charge in [-0.15, -0.1) is 0 Å². The number of rotatable bonds is 109. The van der Waals surface area contributed by atoms with Crippen molar-refractivity contribution in [2.24, 2.45) is 0 Å². The maximum absolute atomic E-state index is 12.9. The number of ether oxygens (including phenoxy) is 24. The van der Waals surface area contributed by atoms with E-state index in [2.05, 4.69) is 19.2 Å². The summed E-state index contributed by atoms with van der Waals surface area (Å²) in [6.07, 6.45) is 35.6. The number of carboxylic acids is 1. The van der Waals surface area contributed by atoms with E-state index in [0.29, 0.717) is 271 Å². The standard InChI is InChI=1S/C87H170NO33P/c1-3-5-7-9-11-13-15-17-19-21-23-25-27-29-31-33-86(92)118-79-83(121-87(93)34-32-30-28-26-24-22-20-18-16-14-12-10-8-6-4-2)80-120-122(94,95)119-36-35-88-84(89)81-116-77-75-114-73-71-112-69-67-110-65-63-108-61-59-106-57-55-104-53-51-102-49-47-100-45-43-98-41-39-96-37-38-97-40-42-99-44-46-101-48-50-103-52-54-105-56-58-107-60-62-109-64-66-111-68-70-113-72-74-115-76-78-117-82-85(90)91/h83H,3-82H2,1-2H3,(H,88,89)(H,90,91)(H,94,95)/t83-/m1/s1. The third-order valence-corrected chi connectivity index (χ3v) is 19.1. The highest BCUT2D eigenvalue weighted by Gasteiger charge is 2.26. The number of hydrogen-bond donors (Lipinski definition) is 3. The summed E-state index contributed by atoms with van der Waals surface area (Å²) >= 11 is 0. The Labute approximate surface area is 732 Å². The highest BCUT2D eigenvalue weighted by Crippen LogP contribution is 2.43. The predicted molar refractivity (Wildman–Crippen MR) is 460 cm³/mol. The lowest BCUT2D eigenvalue weighted by molar-refractivity contribution is -0.161. The van der Waals surface area contributed by atoms with Crippen LogP contribution in [0.25, 0.3) is 0 Å². The average molecular weight is 1790 g/mol. The average Bonchev–Trinajstić information content (AvgIpc) is 0.906. The van der Waals surface area contributed by atoms with Gasteiger partial charge in [-0.05, 0) is 12.8 Å². The van der Waals surface area contributed by atoms with Crippen molar-refractivity contribution in [3.8, 4) is 0 Å². The van der Waals surface area contributed by atoms with E-state index in [4.69, 9.17) is 128 Å². The SMILES string of the molecule is CCCCCCCCCCCCCCCCCC(=O)OC[C@H](COP(=O)(O)OCCNC(=O)COCCOCCOCCOCCOCCOCCOCCOCCOCCOCCOCCOCCOCCOCCOCCOCCOCCOCCOCCOCCOCCOCC(=O)O)OC(=O)CCCCCCCCCCCCCCCCC. The van der Waals surface area contributed by atoms with Gasteiger partial charge in [0.2, 0.25) is 5.91 Å². The van der Waals surface area contributed by atoms with Crippen LogP contribution >= 0.6 is 7.82 Å². The monoisotopic (exact) mass is 1790 g/mol. The molecule has 0 spiro atoms. The van der Waals surface area contributed by atoms with E-state index in [1.807, 2.05) is 0 Å². The molecule has 0 fully saturated rings. The van der Waals surface area contributed by atoms with Gasteiger partial charge in [0.15, 0.2) is 6.10 Å². The van der Waals surface area contributed by atoms with Crippen LogP contribution in [0.2, 0.25) is 0 Å². The molecule has 0 aliphatic carbocycles. The van der Waals surface area contributed by atoms with Crippen molar-refractivity contribution in [2.75, 3.05) is 317 Å². The first-order valence-electron chi connectivity index (χ1n) is 46.2. The van der Waals surface area contributed by atoms with Gasteiger partial charge in [0.05, 0.1) is 291 Å². The maximum atomic E-state index is 12.9. The highest BCUT2D eigenvalue weighted by molar-refractivity contribution is 7.47. The number of amides is 1. The fraction of sp³-hybridized carbons (Fsp3) is 0.954. The Hall–Kier alpha value is -2.89. The van der Waals surface area contributed by atoms with Crippen molar-refractivity contribution in [1.29, 1.82) is 0 Å². The second-order valence-electron chi connectivity index (χ2n) is 28.9. The summed E-state index contributed by atoms with van der Waals surface area (Å²) < 4.78 is 154. The molecular formula is C87H170NO33P. The smallest absolute Gasteiger partial charge is 0.472 e. The summed E-state index contributed by atoms with van der Waals surface area (Å²) in [4.78, 5) is 58.8. The molecule has 1 amide bonds. The molecule has 726 valence electrons. The number of phosphoric acid groups is 1. The topological polar surface area (TPSA) is 378 Å². The summed E-state index contributed by atoms with van der Waals surface area (Å²) in [5, 5.41) is 11.0. The molecular weight excluding hydrogens is 1620 g/mol. The van der Waals surface area contributed by atoms with Crippen molar-refractivity contribution >= 4 is 31.6 Å². The van der Waals surface area contributed by atoms with Crippen LogP contribution in [0.3, 0.4) is 0 Å². The van der Waals surface area contributed by atoms with Gasteiger partial charge in [-0.2, -0.15) is 0 Å². The molecule has 2 atom stereocenters. The van der Waals surface area contributed by atoms with Crippen molar-refractivity contribution in [3.63, 3.8) is 0 Å². The summed E-state index contributed by atoms with van der Waals surface area (Å²) in [5.41, 5.74) is 0. The number of esters is 2. The van der Waals surface area contributed by atoms with Gasteiger partial charge in [-0.3, -0.25) is 23.4 Å². The van der Waals surface area contributed by atoms with Gasteiger partial charge >= 0.3 is 25.7 Å². The molecule has 0 aliphatic rings. The Bertz CT molecular complexity index is 2160. The normalized spacial score (nSPS) is 12.4. The summed E-state index contributed by atoms with van der Waals surface area (Å²) in [6.45, 7) is 20.4. The Morgan fingerprint density at radius 2 is 0.459 bits per heavy atom. The summed E-state index contributed by atoms with van der Waals surface area (Å²) in [6, 6.07) is 0. The van der Waals surface area contributed by atoms with Crippen LogP contribution in [0.1, 0.15) is 219 Å². The molecule has 0 aromatic heterocycles. The lowest BCUT2D eigenvalue weighted by Gasteiger charge is -2.20. The summed E-state index contributed by atoms with van der Waals surface area (Å²) in [7, 11) is -4.65. The van der Waals surface area contributed by atoms with Crippen LogP contribution in [0.15, 0.2) is 0 Å². The predicted octanol–water partition coefficient (Wildman–Crippen LogP) is 11.7. The number of carbonyl (C=O) groups excluding carboxylic acids is 3. The van der Waals surface area contributed by atoms with Gasteiger partial charge in [0.25, 0.3) is 0 Å². The summed E-state index contributed by atoms with van der Waals surface area (Å²) in [5.74, 6) is -2.39. The molecule has 34 nitrogen and oxygen atoms in total. The molecule has 0 saturated carbocycles. The van der Waals surface area contributed by atoms with Crippen molar-refractivity contribution in [3.05, 3.63) is 0 Å². The van der Waals surface area contributed by atoms with E-state index in [0.717, 1.165) is 38.5 Å². The first-order valence-corrected chi connectivity index (χ1v) is 47.7. The van der Waals surface area contributed by atoms with Crippen LogP contribution in [0.5, 0.6) is 0 Å². The Morgan fingerprint density at radius 1 is 0.254 bits per heavy atom. The highest BCUT2D eigenvalue weighted by atomic mass is 31.2. The van der Waals surface area contributed by atoms with E-state index in [-0.39, 0.29) is 65.6 Å². The first kappa shape index (κ1) is 119. The molecule has 0 bridgehead atoms. The van der Waals surface area contributed by atoms with Crippen molar-refractivity contribution < 1.29 is 156 Å².